The summed E-state index contributed by atoms with van der Waals surface area (Å²) in [5.74, 6) is -1.14. The van der Waals surface area contributed by atoms with Gasteiger partial charge in [0.2, 0.25) is 5.91 Å². The van der Waals surface area contributed by atoms with Gasteiger partial charge in [0.05, 0.1) is 13.7 Å². The van der Waals surface area contributed by atoms with Crippen molar-refractivity contribution in [3.63, 3.8) is 0 Å². The predicted octanol–water partition coefficient (Wildman–Crippen LogP) is -2.02. The van der Waals surface area contributed by atoms with E-state index in [0.29, 0.717) is 0 Å². The first-order chi connectivity index (χ1) is 6.02. The highest BCUT2D eigenvalue weighted by Gasteiger charge is 2.19. The number of aliphatic hydroxyl groups excluding tert-OH is 1. The number of carbonyl (C=O) groups is 2. The second kappa shape index (κ2) is 5.50. The molecule has 0 aromatic rings. The summed E-state index contributed by atoms with van der Waals surface area (Å²) in [5, 5.41) is 10.8. The van der Waals surface area contributed by atoms with E-state index >= 15 is 0 Å². The van der Waals surface area contributed by atoms with Crippen molar-refractivity contribution < 1.29 is 19.4 Å². The normalized spacial score (nSPS) is 14.5. The smallest absolute Gasteiger partial charge is 0.328 e. The maximum atomic E-state index is 11.0. The summed E-state index contributed by atoms with van der Waals surface area (Å²) in [6.07, 6.45) is 0. The molecule has 0 saturated carbocycles. The number of aliphatic hydroxyl groups is 1. The third-order valence-corrected chi connectivity index (χ3v) is 1.45. The Balaban J connectivity index is 3.98. The quantitative estimate of drug-likeness (QED) is 0.444. The van der Waals surface area contributed by atoms with E-state index in [1.807, 2.05) is 0 Å². The van der Waals surface area contributed by atoms with Crippen LogP contribution in [-0.2, 0) is 14.3 Å². The molecular weight excluding hydrogens is 176 g/mol. The molecule has 0 aliphatic rings. The van der Waals surface area contributed by atoms with Crippen LogP contribution in [0.3, 0.4) is 0 Å². The zero-order valence-electron chi connectivity index (χ0n) is 7.61. The first kappa shape index (κ1) is 11.9. The minimum atomic E-state index is -1.01. The molecule has 0 saturated heterocycles. The summed E-state index contributed by atoms with van der Waals surface area (Å²) in [6.45, 7) is 1.01. The number of nitrogens with one attached hydrogen (secondary N) is 1. The maximum absolute atomic E-state index is 11.0. The lowest BCUT2D eigenvalue weighted by Crippen LogP contribution is -2.48. The number of hydrogen-bond donors (Lipinski definition) is 3. The first-order valence-corrected chi connectivity index (χ1v) is 3.77. The second-order valence-corrected chi connectivity index (χ2v) is 2.54. The molecule has 0 unspecified atom stereocenters. The largest absolute Gasteiger partial charge is 0.467 e. The topological polar surface area (TPSA) is 102 Å². The summed E-state index contributed by atoms with van der Waals surface area (Å²) >= 11 is 0. The molecule has 13 heavy (non-hydrogen) atoms. The fraction of sp³-hybridized carbons (Fsp3) is 0.714. The van der Waals surface area contributed by atoms with Crippen LogP contribution in [0.2, 0.25) is 0 Å². The van der Waals surface area contributed by atoms with Crippen LogP contribution < -0.4 is 11.1 Å². The van der Waals surface area contributed by atoms with Crippen molar-refractivity contribution in [2.75, 3.05) is 13.7 Å². The van der Waals surface area contributed by atoms with E-state index in [2.05, 4.69) is 10.1 Å². The van der Waals surface area contributed by atoms with Crippen LogP contribution >= 0.6 is 0 Å². The molecule has 1 amide bonds. The zero-order valence-corrected chi connectivity index (χ0v) is 7.61. The summed E-state index contributed by atoms with van der Waals surface area (Å²) in [6, 6.07) is -1.76. The molecule has 6 heteroatoms. The number of rotatable bonds is 4. The molecule has 0 spiro atoms. The van der Waals surface area contributed by atoms with Crippen LogP contribution in [0.5, 0.6) is 0 Å². The van der Waals surface area contributed by atoms with Crippen LogP contribution in [0.25, 0.3) is 0 Å². The molecule has 0 aromatic heterocycles. The molecule has 0 heterocycles. The molecule has 0 aliphatic heterocycles. The van der Waals surface area contributed by atoms with Crippen molar-refractivity contribution >= 4 is 11.9 Å². The van der Waals surface area contributed by atoms with Gasteiger partial charge in [-0.1, -0.05) is 0 Å². The van der Waals surface area contributed by atoms with Gasteiger partial charge in [-0.3, -0.25) is 4.79 Å². The van der Waals surface area contributed by atoms with Crippen molar-refractivity contribution in [2.24, 2.45) is 5.73 Å². The Morgan fingerprint density at radius 1 is 1.62 bits per heavy atom. The molecule has 0 fully saturated rings. The lowest BCUT2D eigenvalue weighted by molar-refractivity contribution is -0.144. The average Bonchev–Trinajstić information content (AvgIpc) is 2.14. The SMILES string of the molecule is COC(=O)[C@@H](C)NC(=O)[C@H](N)CO. The van der Waals surface area contributed by atoms with Gasteiger partial charge in [0.15, 0.2) is 0 Å². The Kier molecular flexibility index (Phi) is 5.01. The summed E-state index contributed by atoms with van der Waals surface area (Å²) in [5.41, 5.74) is 5.19. The Morgan fingerprint density at radius 2 is 2.15 bits per heavy atom. The van der Waals surface area contributed by atoms with Crippen molar-refractivity contribution in [1.82, 2.24) is 5.32 Å². The third kappa shape index (κ3) is 3.86. The third-order valence-electron chi connectivity index (χ3n) is 1.45. The molecule has 4 N–H and O–H groups in total. The number of amides is 1. The molecule has 6 nitrogen and oxygen atoms in total. The van der Waals surface area contributed by atoms with Gasteiger partial charge in [-0.25, -0.2) is 4.79 Å². The van der Waals surface area contributed by atoms with Gasteiger partial charge in [0.1, 0.15) is 12.1 Å². The highest BCUT2D eigenvalue weighted by atomic mass is 16.5. The molecule has 76 valence electrons. The fourth-order valence-electron chi connectivity index (χ4n) is 0.639. The number of hydrogen-bond acceptors (Lipinski definition) is 5. The van der Waals surface area contributed by atoms with Crippen molar-refractivity contribution in [1.29, 1.82) is 0 Å². The second-order valence-electron chi connectivity index (χ2n) is 2.54. The Hall–Kier alpha value is -1.14. The molecule has 0 radical (unpaired) electrons. The monoisotopic (exact) mass is 190 g/mol. The standard InChI is InChI=1S/C7H14N2O4/c1-4(7(12)13-2)9-6(11)5(8)3-10/h4-5,10H,3,8H2,1-2H3,(H,9,11)/t4-,5-/m1/s1. The minimum Gasteiger partial charge on any atom is -0.467 e. The highest BCUT2D eigenvalue weighted by molar-refractivity contribution is 5.87. The Labute approximate surface area is 76.0 Å². The van der Waals surface area contributed by atoms with Gasteiger partial charge in [-0.2, -0.15) is 0 Å². The van der Waals surface area contributed by atoms with Gasteiger partial charge < -0.3 is 20.9 Å². The van der Waals surface area contributed by atoms with Crippen LogP contribution in [0.4, 0.5) is 0 Å². The van der Waals surface area contributed by atoms with Gasteiger partial charge >= 0.3 is 5.97 Å². The molecule has 2 atom stereocenters. The van der Waals surface area contributed by atoms with Crippen LogP contribution in [-0.4, -0.2) is 42.8 Å². The average molecular weight is 190 g/mol. The zero-order chi connectivity index (χ0) is 10.4. The lowest BCUT2D eigenvalue weighted by Gasteiger charge is -2.13. The summed E-state index contributed by atoms with van der Waals surface area (Å²) < 4.78 is 4.37. The van der Waals surface area contributed by atoms with E-state index in [4.69, 9.17) is 10.8 Å². The lowest BCUT2D eigenvalue weighted by atomic mass is 10.2. The first-order valence-electron chi connectivity index (χ1n) is 3.77. The summed E-state index contributed by atoms with van der Waals surface area (Å²) in [7, 11) is 1.22. The Bertz CT molecular complexity index is 195. The van der Waals surface area contributed by atoms with E-state index in [-0.39, 0.29) is 0 Å². The number of methoxy groups -OCH3 is 1. The molecular formula is C7H14N2O4. The molecule has 0 aromatic carbocycles. The summed E-state index contributed by atoms with van der Waals surface area (Å²) in [4.78, 5) is 21.8. The molecule has 0 bridgehead atoms. The van der Waals surface area contributed by atoms with E-state index < -0.39 is 30.6 Å². The van der Waals surface area contributed by atoms with Crippen molar-refractivity contribution in [3.05, 3.63) is 0 Å². The maximum Gasteiger partial charge on any atom is 0.328 e. The minimum absolute atomic E-state index is 0.459. The molecule has 0 aliphatic carbocycles. The van der Waals surface area contributed by atoms with E-state index in [1.165, 1.54) is 14.0 Å². The van der Waals surface area contributed by atoms with Crippen LogP contribution in [0, 0.1) is 0 Å². The number of esters is 1. The van der Waals surface area contributed by atoms with Crippen molar-refractivity contribution in [2.45, 2.75) is 19.0 Å². The van der Waals surface area contributed by atoms with E-state index in [9.17, 15) is 9.59 Å². The van der Waals surface area contributed by atoms with Gasteiger partial charge in [0.25, 0.3) is 0 Å². The molecule has 0 rings (SSSR count). The highest BCUT2D eigenvalue weighted by Crippen LogP contribution is 1.87. The number of carbonyl (C=O) groups excluding carboxylic acids is 2. The van der Waals surface area contributed by atoms with E-state index in [1.54, 1.807) is 0 Å². The predicted molar refractivity (Wildman–Crippen MR) is 44.7 cm³/mol. The van der Waals surface area contributed by atoms with E-state index in [0.717, 1.165) is 0 Å². The van der Waals surface area contributed by atoms with Gasteiger partial charge in [-0.05, 0) is 6.92 Å². The van der Waals surface area contributed by atoms with Crippen LogP contribution in [0.15, 0.2) is 0 Å². The van der Waals surface area contributed by atoms with Gasteiger partial charge in [-0.15, -0.1) is 0 Å². The van der Waals surface area contributed by atoms with Crippen molar-refractivity contribution in [3.8, 4) is 0 Å². The fourth-order valence-corrected chi connectivity index (χ4v) is 0.639. The van der Waals surface area contributed by atoms with Gasteiger partial charge in [0, 0.05) is 0 Å². The van der Waals surface area contributed by atoms with Crippen LogP contribution in [0.1, 0.15) is 6.92 Å². The number of nitrogens with two attached hydrogens (primary N) is 1. The number of ether oxygens (including phenoxy) is 1. The Morgan fingerprint density at radius 3 is 2.54 bits per heavy atom.